The molecule has 0 spiro atoms. The number of nitrogens with two attached hydrogens (primary N) is 1. The second-order valence-electron chi connectivity index (χ2n) is 3.51. The lowest BCUT2D eigenvalue weighted by atomic mass is 10.2. The second kappa shape index (κ2) is 4.72. The zero-order valence-electron chi connectivity index (χ0n) is 8.83. The van der Waals surface area contributed by atoms with Crippen LogP contribution in [0, 0.1) is 6.92 Å². The molecule has 1 aromatic carbocycles. The number of nitrogen functional groups attached to an aromatic ring is 1. The molecule has 0 aliphatic rings. The molecular weight excluding hydrogens is 242 g/mol. The molecule has 1 aromatic heterocycles. The van der Waals surface area contributed by atoms with E-state index in [2.05, 4.69) is 10.3 Å². The second-order valence-corrected chi connectivity index (χ2v) is 4.89. The number of aromatic nitrogens is 1. The summed E-state index contributed by atoms with van der Waals surface area (Å²) in [4.78, 5) is 5.21. The minimum Gasteiger partial charge on any atom is -0.398 e. The van der Waals surface area contributed by atoms with E-state index >= 15 is 0 Å². The van der Waals surface area contributed by atoms with E-state index in [0.717, 1.165) is 17.8 Å². The van der Waals surface area contributed by atoms with Gasteiger partial charge < -0.3 is 11.1 Å². The molecule has 0 radical (unpaired) electrons. The molecule has 3 N–H and O–H groups in total. The van der Waals surface area contributed by atoms with E-state index in [9.17, 15) is 0 Å². The first-order valence-electron chi connectivity index (χ1n) is 4.83. The van der Waals surface area contributed by atoms with Crippen LogP contribution in [0.1, 0.15) is 10.4 Å². The van der Waals surface area contributed by atoms with Crippen LogP contribution in [-0.4, -0.2) is 4.98 Å². The number of hydrogen-bond acceptors (Lipinski definition) is 4. The van der Waals surface area contributed by atoms with Gasteiger partial charge in [-0.15, -0.1) is 11.3 Å². The quantitative estimate of drug-likeness (QED) is 0.826. The maximum atomic E-state index is 5.97. The van der Waals surface area contributed by atoms with Gasteiger partial charge in [0.25, 0.3) is 0 Å². The summed E-state index contributed by atoms with van der Waals surface area (Å²) in [6.45, 7) is 2.76. The molecule has 0 atom stereocenters. The maximum absolute atomic E-state index is 5.97. The minimum atomic E-state index is 0.581. The third-order valence-electron chi connectivity index (χ3n) is 2.28. The molecule has 0 fully saturated rings. The Morgan fingerprint density at radius 1 is 1.50 bits per heavy atom. The van der Waals surface area contributed by atoms with Gasteiger partial charge in [0.2, 0.25) is 0 Å². The summed E-state index contributed by atoms with van der Waals surface area (Å²) in [5.41, 5.74) is 10.2. The molecule has 0 saturated carbocycles. The summed E-state index contributed by atoms with van der Waals surface area (Å²) in [7, 11) is 0. The van der Waals surface area contributed by atoms with E-state index in [1.807, 2.05) is 30.8 Å². The van der Waals surface area contributed by atoms with Gasteiger partial charge in [0.1, 0.15) is 0 Å². The highest BCUT2D eigenvalue weighted by atomic mass is 35.5. The van der Waals surface area contributed by atoms with Crippen molar-refractivity contribution in [1.82, 2.24) is 4.98 Å². The Morgan fingerprint density at radius 3 is 3.00 bits per heavy atom. The van der Waals surface area contributed by atoms with Gasteiger partial charge in [0.15, 0.2) is 0 Å². The van der Waals surface area contributed by atoms with Gasteiger partial charge in [0.05, 0.1) is 22.8 Å². The van der Waals surface area contributed by atoms with Crippen LogP contribution in [0.3, 0.4) is 0 Å². The average Bonchev–Trinajstić information content (AvgIpc) is 2.74. The van der Waals surface area contributed by atoms with Crippen molar-refractivity contribution in [2.24, 2.45) is 0 Å². The number of aryl methyl sites for hydroxylation is 1. The summed E-state index contributed by atoms with van der Waals surface area (Å²) < 4.78 is 0. The SMILES string of the molecule is Cc1cc(N)c(Cl)cc1NCc1cncs1. The van der Waals surface area contributed by atoms with Crippen LogP contribution in [0.25, 0.3) is 0 Å². The average molecular weight is 254 g/mol. The highest BCUT2D eigenvalue weighted by Gasteiger charge is 2.03. The first kappa shape index (κ1) is 11.2. The third-order valence-corrected chi connectivity index (χ3v) is 3.39. The molecule has 5 heteroatoms. The normalized spacial score (nSPS) is 10.4. The van der Waals surface area contributed by atoms with Crippen molar-refractivity contribution in [3.63, 3.8) is 0 Å². The highest BCUT2D eigenvalue weighted by Crippen LogP contribution is 2.27. The van der Waals surface area contributed by atoms with E-state index in [1.54, 1.807) is 11.3 Å². The summed E-state index contributed by atoms with van der Waals surface area (Å²) in [5, 5.41) is 3.89. The number of hydrogen-bond donors (Lipinski definition) is 2. The molecule has 0 aliphatic carbocycles. The summed E-state index contributed by atoms with van der Waals surface area (Å²) >= 11 is 7.60. The van der Waals surface area contributed by atoms with E-state index in [1.165, 1.54) is 4.88 Å². The smallest absolute Gasteiger partial charge is 0.0794 e. The molecule has 0 unspecified atom stereocenters. The molecule has 0 aliphatic heterocycles. The van der Waals surface area contributed by atoms with Gasteiger partial charge in [-0.05, 0) is 24.6 Å². The zero-order chi connectivity index (χ0) is 11.5. The van der Waals surface area contributed by atoms with Crippen molar-refractivity contribution in [3.8, 4) is 0 Å². The largest absolute Gasteiger partial charge is 0.398 e. The molecule has 2 aromatic rings. The summed E-state index contributed by atoms with van der Waals surface area (Å²) in [5.74, 6) is 0. The van der Waals surface area contributed by atoms with E-state index in [0.29, 0.717) is 10.7 Å². The molecule has 0 bridgehead atoms. The number of thiazole rings is 1. The zero-order valence-corrected chi connectivity index (χ0v) is 10.4. The monoisotopic (exact) mass is 253 g/mol. The number of nitrogens with zero attached hydrogens (tertiary/aromatic N) is 1. The topological polar surface area (TPSA) is 50.9 Å². The van der Waals surface area contributed by atoms with E-state index in [4.69, 9.17) is 17.3 Å². The van der Waals surface area contributed by atoms with Crippen LogP contribution >= 0.6 is 22.9 Å². The number of halogens is 1. The molecule has 1 heterocycles. The first-order chi connectivity index (χ1) is 7.66. The van der Waals surface area contributed by atoms with Gasteiger partial charge >= 0.3 is 0 Å². The Labute approximate surface area is 103 Å². The summed E-state index contributed by atoms with van der Waals surface area (Å²) in [6, 6.07) is 3.73. The van der Waals surface area contributed by atoms with Gasteiger partial charge in [-0.25, -0.2) is 0 Å². The van der Waals surface area contributed by atoms with Crippen LogP contribution in [0.4, 0.5) is 11.4 Å². The predicted octanol–water partition coefficient (Wildman–Crippen LogP) is 3.30. The lowest BCUT2D eigenvalue weighted by Crippen LogP contribution is -2.00. The molecular formula is C11H12ClN3S. The molecule has 0 saturated heterocycles. The van der Waals surface area contributed by atoms with Crippen molar-refractivity contribution in [3.05, 3.63) is 39.3 Å². The maximum Gasteiger partial charge on any atom is 0.0794 e. The van der Waals surface area contributed by atoms with Crippen molar-refractivity contribution >= 4 is 34.3 Å². The highest BCUT2D eigenvalue weighted by molar-refractivity contribution is 7.09. The Kier molecular flexibility index (Phi) is 3.31. The fraction of sp³-hybridized carbons (Fsp3) is 0.182. The van der Waals surface area contributed by atoms with Gasteiger partial charge in [-0.1, -0.05) is 11.6 Å². The van der Waals surface area contributed by atoms with Crippen LogP contribution < -0.4 is 11.1 Å². The Balaban J connectivity index is 2.12. The first-order valence-corrected chi connectivity index (χ1v) is 6.09. The molecule has 3 nitrogen and oxygen atoms in total. The van der Waals surface area contributed by atoms with Crippen LogP contribution in [-0.2, 0) is 6.54 Å². The molecule has 16 heavy (non-hydrogen) atoms. The molecule has 84 valence electrons. The minimum absolute atomic E-state index is 0.581. The third kappa shape index (κ3) is 2.46. The molecule has 0 amide bonds. The van der Waals surface area contributed by atoms with E-state index < -0.39 is 0 Å². The summed E-state index contributed by atoms with van der Waals surface area (Å²) in [6.07, 6.45) is 1.85. The van der Waals surface area contributed by atoms with Crippen molar-refractivity contribution < 1.29 is 0 Å². The van der Waals surface area contributed by atoms with E-state index in [-0.39, 0.29) is 0 Å². The number of anilines is 2. The fourth-order valence-electron chi connectivity index (χ4n) is 1.41. The van der Waals surface area contributed by atoms with Gasteiger partial charge in [-0.3, -0.25) is 4.98 Å². The lowest BCUT2D eigenvalue weighted by Gasteiger charge is -2.10. The number of benzene rings is 1. The fourth-order valence-corrected chi connectivity index (χ4v) is 2.10. The standard InChI is InChI=1S/C11H12ClN3S/c1-7-2-10(13)9(12)3-11(7)15-5-8-4-14-6-16-8/h2-4,6,15H,5,13H2,1H3. The number of nitrogens with one attached hydrogen (secondary N) is 1. The molecule has 2 rings (SSSR count). The van der Waals surface area contributed by atoms with Crippen molar-refractivity contribution in [2.75, 3.05) is 11.1 Å². The van der Waals surface area contributed by atoms with Crippen LogP contribution in [0.5, 0.6) is 0 Å². The Bertz CT molecular complexity index is 482. The van der Waals surface area contributed by atoms with Crippen LogP contribution in [0.15, 0.2) is 23.8 Å². The van der Waals surface area contributed by atoms with Crippen molar-refractivity contribution in [1.29, 1.82) is 0 Å². The van der Waals surface area contributed by atoms with Crippen LogP contribution in [0.2, 0.25) is 5.02 Å². The number of rotatable bonds is 3. The van der Waals surface area contributed by atoms with Gasteiger partial charge in [-0.2, -0.15) is 0 Å². The Hall–Kier alpha value is -1.26. The Morgan fingerprint density at radius 2 is 2.31 bits per heavy atom. The van der Waals surface area contributed by atoms with Gasteiger partial charge in [0, 0.05) is 16.8 Å². The van der Waals surface area contributed by atoms with Crippen molar-refractivity contribution in [2.45, 2.75) is 13.5 Å². The lowest BCUT2D eigenvalue weighted by molar-refractivity contribution is 1.16. The predicted molar refractivity (Wildman–Crippen MR) is 70.0 cm³/mol.